The Bertz CT molecular complexity index is 1230. The number of halogens is 1. The maximum absolute atomic E-state index is 14.4. The van der Waals surface area contributed by atoms with Crippen LogP contribution in [0.3, 0.4) is 0 Å². The summed E-state index contributed by atoms with van der Waals surface area (Å²) in [7, 11) is 0. The number of aliphatic hydroxyl groups excluding tert-OH is 1. The van der Waals surface area contributed by atoms with Crippen LogP contribution in [0, 0.1) is 11.8 Å². The second kappa shape index (κ2) is 10.4. The second-order valence-corrected chi connectivity index (χ2v) is 12.3. The molecule has 6 atom stereocenters. The third kappa shape index (κ3) is 4.17. The molecule has 0 aliphatic carbocycles. The molecule has 3 aliphatic heterocycles. The maximum atomic E-state index is 14.4. The summed E-state index contributed by atoms with van der Waals surface area (Å²) >= 11 is 5.30. The Balaban J connectivity index is 1.53. The summed E-state index contributed by atoms with van der Waals surface area (Å²) in [4.78, 5) is 44.5. The Morgan fingerprint density at radius 2 is 2.19 bits per heavy atom. The van der Waals surface area contributed by atoms with E-state index in [1.165, 1.54) is 0 Å². The molecule has 2 bridgehead atoms. The smallest absolute Gasteiger partial charge is 0.310 e. The molecular formula is C25H30BrN5O5S. The van der Waals surface area contributed by atoms with Gasteiger partial charge in [0, 0.05) is 29.8 Å². The van der Waals surface area contributed by atoms with E-state index in [9.17, 15) is 19.5 Å². The fourth-order valence-corrected chi connectivity index (χ4v) is 9.72. The summed E-state index contributed by atoms with van der Waals surface area (Å²) in [5.41, 5.74) is 1.51. The van der Waals surface area contributed by atoms with Crippen LogP contribution in [-0.4, -0.2) is 94.9 Å². The van der Waals surface area contributed by atoms with Gasteiger partial charge < -0.3 is 19.6 Å². The first-order chi connectivity index (χ1) is 17.9. The normalized spacial score (nSPS) is 30.1. The van der Waals surface area contributed by atoms with E-state index >= 15 is 0 Å². The minimum Gasteiger partial charge on any atom is -0.466 e. The van der Waals surface area contributed by atoms with Crippen molar-refractivity contribution in [2.75, 3.05) is 26.3 Å². The van der Waals surface area contributed by atoms with Gasteiger partial charge in [-0.05, 0) is 31.9 Å². The molecule has 10 nitrogen and oxygen atoms in total. The Labute approximate surface area is 227 Å². The van der Waals surface area contributed by atoms with E-state index in [0.29, 0.717) is 12.8 Å². The Kier molecular flexibility index (Phi) is 7.34. The number of likely N-dealkylation sites (tertiary alicyclic amines) is 1. The lowest BCUT2D eigenvalue weighted by molar-refractivity contribution is -0.153. The first-order valence-corrected chi connectivity index (χ1v) is 14.2. The number of benzene rings is 1. The molecule has 1 spiro atoms. The number of carbonyl (C=O) groups is 3. The van der Waals surface area contributed by atoms with Crippen molar-refractivity contribution in [3.8, 4) is 0 Å². The number of carbonyl (C=O) groups excluding carboxylic acids is 3. The molecule has 2 aromatic rings. The van der Waals surface area contributed by atoms with Gasteiger partial charge in [-0.25, -0.2) is 4.68 Å². The highest BCUT2D eigenvalue weighted by Gasteiger charge is 2.76. The van der Waals surface area contributed by atoms with Crippen molar-refractivity contribution in [1.82, 2.24) is 24.8 Å². The van der Waals surface area contributed by atoms with Crippen molar-refractivity contribution in [3.63, 3.8) is 0 Å². The molecule has 1 aromatic carbocycles. The number of amides is 2. The standard InChI is InChI=1S/C25H30BrN5O5S/c1-3-10-29(14-31-17-9-6-5-8-16(17)27-28-31)23(34)21-25-13-15(26)20(37-25)18(24(35)36-4-2)19(25)22(33)30(21)11-7-12-32/h3,5-6,8-9,15,18-21,32H,1,4,7,10-14H2,2H3/t15?,18-,19+,20-,21?,25?/m1/s1. The van der Waals surface area contributed by atoms with Crippen LogP contribution in [0.4, 0.5) is 0 Å². The largest absolute Gasteiger partial charge is 0.466 e. The summed E-state index contributed by atoms with van der Waals surface area (Å²) in [6.07, 6.45) is 2.56. The number of para-hydroxylation sites is 1. The number of esters is 1. The molecule has 198 valence electrons. The van der Waals surface area contributed by atoms with Crippen LogP contribution >= 0.6 is 27.7 Å². The number of fused-ring (bicyclic) bond motifs is 2. The van der Waals surface area contributed by atoms with Crippen molar-refractivity contribution in [2.45, 2.75) is 47.3 Å². The van der Waals surface area contributed by atoms with Crippen LogP contribution < -0.4 is 0 Å². The molecule has 1 N–H and O–H groups in total. The van der Waals surface area contributed by atoms with E-state index in [-0.39, 0.29) is 54.9 Å². The van der Waals surface area contributed by atoms with E-state index < -0.39 is 28.6 Å². The molecule has 1 aromatic heterocycles. The average Bonchev–Trinajstić information content (AvgIpc) is 3.60. The molecule has 3 unspecified atom stereocenters. The van der Waals surface area contributed by atoms with Gasteiger partial charge in [-0.1, -0.05) is 39.4 Å². The quantitative estimate of drug-likeness (QED) is 0.252. The van der Waals surface area contributed by atoms with Gasteiger partial charge in [-0.3, -0.25) is 14.4 Å². The lowest BCUT2D eigenvalue weighted by Gasteiger charge is -2.37. The molecule has 4 heterocycles. The number of ether oxygens (including phenoxy) is 1. The topological polar surface area (TPSA) is 118 Å². The number of rotatable bonds is 10. The fraction of sp³-hybridized carbons (Fsp3) is 0.560. The first kappa shape index (κ1) is 26.2. The van der Waals surface area contributed by atoms with Gasteiger partial charge in [0.15, 0.2) is 0 Å². The van der Waals surface area contributed by atoms with Crippen molar-refractivity contribution in [1.29, 1.82) is 0 Å². The SMILES string of the molecule is C=CCN(Cn1nnc2ccccc21)C(=O)C1N(CCCO)C(=O)[C@@H]2[C@@H](C(=O)OCC)[C@@H]3SC12CC3Br. The fourth-order valence-electron chi connectivity index (χ4n) is 6.13. The van der Waals surface area contributed by atoms with Gasteiger partial charge in [0.05, 0.1) is 28.7 Å². The second-order valence-electron chi connectivity index (χ2n) is 9.59. The molecule has 3 fully saturated rings. The molecule has 0 radical (unpaired) electrons. The van der Waals surface area contributed by atoms with Gasteiger partial charge in [0.2, 0.25) is 11.8 Å². The molecule has 3 aliphatic rings. The van der Waals surface area contributed by atoms with Crippen molar-refractivity contribution < 1.29 is 24.2 Å². The van der Waals surface area contributed by atoms with E-state index in [1.807, 2.05) is 24.3 Å². The molecule has 12 heteroatoms. The van der Waals surface area contributed by atoms with Crippen LogP contribution in [-0.2, 0) is 25.8 Å². The highest BCUT2D eigenvalue weighted by atomic mass is 79.9. The number of nitrogens with zero attached hydrogens (tertiary/aromatic N) is 5. The minimum atomic E-state index is -0.791. The minimum absolute atomic E-state index is 0.0313. The van der Waals surface area contributed by atoms with Crippen molar-refractivity contribution in [2.24, 2.45) is 11.8 Å². The summed E-state index contributed by atoms with van der Waals surface area (Å²) in [6.45, 7) is 6.32. The Morgan fingerprint density at radius 1 is 1.41 bits per heavy atom. The van der Waals surface area contributed by atoms with Crippen LogP contribution in [0.2, 0.25) is 0 Å². The van der Waals surface area contributed by atoms with Crippen LogP contribution in [0.1, 0.15) is 19.8 Å². The number of thioether (sulfide) groups is 1. The van der Waals surface area contributed by atoms with Crippen molar-refractivity contribution >= 4 is 56.5 Å². The molecule has 5 rings (SSSR count). The predicted octanol–water partition coefficient (Wildman–Crippen LogP) is 1.81. The molecule has 2 amide bonds. The third-order valence-electron chi connectivity index (χ3n) is 7.53. The summed E-state index contributed by atoms with van der Waals surface area (Å²) in [6, 6.07) is 6.72. The summed E-state index contributed by atoms with van der Waals surface area (Å²) < 4.78 is 6.27. The van der Waals surface area contributed by atoms with Crippen LogP contribution in [0.15, 0.2) is 36.9 Å². The highest BCUT2D eigenvalue weighted by molar-refractivity contribution is 9.09. The zero-order valence-corrected chi connectivity index (χ0v) is 22.9. The van der Waals surface area contributed by atoms with Crippen LogP contribution in [0.25, 0.3) is 11.0 Å². The zero-order chi connectivity index (χ0) is 26.3. The van der Waals surface area contributed by atoms with Crippen molar-refractivity contribution in [3.05, 3.63) is 36.9 Å². The summed E-state index contributed by atoms with van der Waals surface area (Å²) in [5.74, 6) is -2.12. The number of aliphatic hydroxyl groups is 1. The first-order valence-electron chi connectivity index (χ1n) is 12.5. The van der Waals surface area contributed by atoms with Gasteiger partial charge in [-0.15, -0.1) is 23.4 Å². The van der Waals surface area contributed by atoms with Gasteiger partial charge >= 0.3 is 5.97 Å². The van der Waals surface area contributed by atoms with Crippen LogP contribution in [0.5, 0.6) is 0 Å². The Morgan fingerprint density at radius 3 is 2.92 bits per heavy atom. The zero-order valence-electron chi connectivity index (χ0n) is 20.5. The van der Waals surface area contributed by atoms with E-state index in [2.05, 4.69) is 32.8 Å². The highest BCUT2D eigenvalue weighted by Crippen LogP contribution is 2.68. The van der Waals surface area contributed by atoms with Gasteiger partial charge in [-0.2, -0.15) is 0 Å². The van der Waals surface area contributed by atoms with E-state index in [0.717, 1.165) is 11.0 Å². The third-order valence-corrected chi connectivity index (χ3v) is 10.7. The predicted molar refractivity (Wildman–Crippen MR) is 142 cm³/mol. The van der Waals surface area contributed by atoms with Gasteiger partial charge in [0.1, 0.15) is 18.2 Å². The molecule has 37 heavy (non-hydrogen) atoms. The Hall–Kier alpha value is -2.44. The lowest BCUT2D eigenvalue weighted by Crippen LogP contribution is -2.55. The number of alkyl halides is 1. The summed E-state index contributed by atoms with van der Waals surface area (Å²) in [5, 5.41) is 17.8. The van der Waals surface area contributed by atoms with E-state index in [1.54, 1.807) is 39.2 Å². The van der Waals surface area contributed by atoms with E-state index in [4.69, 9.17) is 4.74 Å². The molecule has 3 saturated heterocycles. The number of hydrogen-bond donors (Lipinski definition) is 1. The molecular weight excluding hydrogens is 562 g/mol. The maximum Gasteiger partial charge on any atom is 0.310 e. The number of hydrogen-bond acceptors (Lipinski definition) is 8. The van der Waals surface area contributed by atoms with Gasteiger partial charge in [0.25, 0.3) is 0 Å². The average molecular weight is 593 g/mol. The molecule has 0 saturated carbocycles. The lowest BCUT2D eigenvalue weighted by atomic mass is 9.71. The monoisotopic (exact) mass is 591 g/mol. The number of aromatic nitrogens is 3.